The molecule has 112 valence electrons. The molecule has 0 radical (unpaired) electrons. The van der Waals surface area contributed by atoms with Gasteiger partial charge in [-0.05, 0) is 43.5 Å². The van der Waals surface area contributed by atoms with Gasteiger partial charge in [-0.2, -0.15) is 0 Å². The maximum Gasteiger partial charge on any atom is 0.0573 e. The maximum atomic E-state index is 9.10. The van der Waals surface area contributed by atoms with E-state index < -0.39 is 0 Å². The molecule has 0 unspecified atom stereocenters. The SMILES string of the molecule is Cc1cccnc1CN(CCCO)Cc1ncccc1C. The highest BCUT2D eigenvalue weighted by Crippen LogP contribution is 2.12. The van der Waals surface area contributed by atoms with Crippen LogP contribution >= 0.6 is 0 Å². The molecule has 2 aromatic rings. The highest BCUT2D eigenvalue weighted by molar-refractivity contribution is 5.19. The summed E-state index contributed by atoms with van der Waals surface area (Å²) in [6, 6.07) is 8.08. The van der Waals surface area contributed by atoms with Gasteiger partial charge in [-0.3, -0.25) is 14.9 Å². The lowest BCUT2D eigenvalue weighted by molar-refractivity contribution is 0.209. The summed E-state index contributed by atoms with van der Waals surface area (Å²) < 4.78 is 0. The third-order valence-electron chi connectivity index (χ3n) is 3.61. The molecule has 0 spiro atoms. The fraction of sp³-hybridized carbons (Fsp3) is 0.412. The molecule has 4 nitrogen and oxygen atoms in total. The van der Waals surface area contributed by atoms with Gasteiger partial charge in [-0.1, -0.05) is 12.1 Å². The van der Waals surface area contributed by atoms with Crippen molar-refractivity contribution in [3.63, 3.8) is 0 Å². The van der Waals surface area contributed by atoms with Crippen molar-refractivity contribution >= 4 is 0 Å². The normalized spacial score (nSPS) is 11.0. The Kier molecular flexibility index (Phi) is 5.84. The van der Waals surface area contributed by atoms with E-state index in [4.69, 9.17) is 5.11 Å². The van der Waals surface area contributed by atoms with Crippen LogP contribution in [0.1, 0.15) is 28.9 Å². The third-order valence-corrected chi connectivity index (χ3v) is 3.61. The lowest BCUT2D eigenvalue weighted by atomic mass is 10.1. The highest BCUT2D eigenvalue weighted by Gasteiger charge is 2.11. The van der Waals surface area contributed by atoms with Crippen molar-refractivity contribution in [2.75, 3.05) is 13.2 Å². The first-order chi connectivity index (χ1) is 10.2. The van der Waals surface area contributed by atoms with Crippen molar-refractivity contribution in [1.29, 1.82) is 0 Å². The summed E-state index contributed by atoms with van der Waals surface area (Å²) in [4.78, 5) is 11.2. The summed E-state index contributed by atoms with van der Waals surface area (Å²) in [6.45, 7) is 6.77. The largest absolute Gasteiger partial charge is 0.396 e. The zero-order valence-corrected chi connectivity index (χ0v) is 12.8. The van der Waals surface area contributed by atoms with E-state index in [1.807, 2.05) is 24.5 Å². The molecule has 2 aromatic heterocycles. The molecule has 21 heavy (non-hydrogen) atoms. The zero-order chi connectivity index (χ0) is 15.1. The van der Waals surface area contributed by atoms with Gasteiger partial charge in [-0.15, -0.1) is 0 Å². The second kappa shape index (κ2) is 7.86. The molecular weight excluding hydrogens is 262 g/mol. The number of rotatable bonds is 7. The molecule has 0 saturated heterocycles. The molecule has 4 heteroatoms. The summed E-state index contributed by atoms with van der Waals surface area (Å²) in [5, 5.41) is 9.10. The van der Waals surface area contributed by atoms with Gasteiger partial charge in [0.05, 0.1) is 11.4 Å². The fourth-order valence-electron chi connectivity index (χ4n) is 2.30. The monoisotopic (exact) mass is 285 g/mol. The summed E-state index contributed by atoms with van der Waals surface area (Å²) >= 11 is 0. The number of aliphatic hydroxyl groups excluding tert-OH is 1. The summed E-state index contributed by atoms with van der Waals surface area (Å²) in [6.07, 6.45) is 4.43. The minimum absolute atomic E-state index is 0.207. The second-order valence-electron chi connectivity index (χ2n) is 5.32. The number of hydrogen-bond donors (Lipinski definition) is 1. The molecular formula is C17H23N3O. The molecule has 0 aliphatic heterocycles. The van der Waals surface area contributed by atoms with E-state index in [2.05, 4.69) is 40.8 Å². The van der Waals surface area contributed by atoms with Gasteiger partial charge < -0.3 is 5.11 Å². The van der Waals surface area contributed by atoms with Gasteiger partial charge >= 0.3 is 0 Å². The molecule has 2 rings (SSSR count). The van der Waals surface area contributed by atoms with E-state index in [0.717, 1.165) is 37.4 Å². The van der Waals surface area contributed by atoms with Crippen LogP contribution in [0.5, 0.6) is 0 Å². The third kappa shape index (κ3) is 4.62. The quantitative estimate of drug-likeness (QED) is 0.849. The molecule has 0 aromatic carbocycles. The van der Waals surface area contributed by atoms with Gasteiger partial charge in [0.25, 0.3) is 0 Å². The van der Waals surface area contributed by atoms with Crippen molar-refractivity contribution < 1.29 is 5.11 Å². The van der Waals surface area contributed by atoms with Gasteiger partial charge in [0.2, 0.25) is 0 Å². The predicted octanol–water partition coefficient (Wildman–Crippen LogP) is 2.48. The predicted molar refractivity (Wildman–Crippen MR) is 83.8 cm³/mol. The average Bonchev–Trinajstić information content (AvgIpc) is 2.49. The van der Waals surface area contributed by atoms with Gasteiger partial charge in [0.1, 0.15) is 0 Å². The Morgan fingerprint density at radius 1 is 0.952 bits per heavy atom. The lowest BCUT2D eigenvalue weighted by Crippen LogP contribution is -2.26. The highest BCUT2D eigenvalue weighted by atomic mass is 16.3. The zero-order valence-electron chi connectivity index (χ0n) is 12.8. The van der Waals surface area contributed by atoms with Crippen molar-refractivity contribution in [1.82, 2.24) is 14.9 Å². The molecule has 0 atom stereocenters. The number of nitrogens with zero attached hydrogens (tertiary/aromatic N) is 3. The first kappa shape index (κ1) is 15.6. The molecule has 0 fully saturated rings. The molecule has 0 aliphatic rings. The molecule has 0 amide bonds. The Bertz CT molecular complexity index is 524. The van der Waals surface area contributed by atoms with E-state index in [1.165, 1.54) is 11.1 Å². The Balaban J connectivity index is 2.11. The van der Waals surface area contributed by atoms with Gasteiger partial charge in [0, 0.05) is 38.6 Å². The summed E-state index contributed by atoms with van der Waals surface area (Å²) in [5.41, 5.74) is 4.57. The topological polar surface area (TPSA) is 49.2 Å². The van der Waals surface area contributed by atoms with Gasteiger partial charge in [0.15, 0.2) is 0 Å². The standard InChI is InChI=1S/C17H23N3O/c1-14-6-3-8-18-16(14)12-20(10-5-11-21)13-17-15(2)7-4-9-19-17/h3-4,6-9,21H,5,10-13H2,1-2H3. The van der Waals surface area contributed by atoms with E-state index in [1.54, 1.807) is 0 Å². The Labute approximate surface area is 126 Å². The van der Waals surface area contributed by atoms with Crippen LogP contribution in [0.3, 0.4) is 0 Å². The van der Waals surface area contributed by atoms with Crippen LogP contribution in [-0.2, 0) is 13.1 Å². The number of aryl methyl sites for hydroxylation is 2. The minimum Gasteiger partial charge on any atom is -0.396 e. The van der Waals surface area contributed by atoms with Crippen LogP contribution in [0.15, 0.2) is 36.7 Å². The smallest absolute Gasteiger partial charge is 0.0573 e. The van der Waals surface area contributed by atoms with E-state index >= 15 is 0 Å². The summed E-state index contributed by atoms with van der Waals surface area (Å²) in [5.74, 6) is 0. The van der Waals surface area contributed by atoms with Crippen LogP contribution in [0.25, 0.3) is 0 Å². The number of aromatic nitrogens is 2. The number of pyridine rings is 2. The Morgan fingerprint density at radius 2 is 1.48 bits per heavy atom. The number of hydrogen-bond acceptors (Lipinski definition) is 4. The van der Waals surface area contributed by atoms with Crippen molar-refractivity contribution in [3.8, 4) is 0 Å². The van der Waals surface area contributed by atoms with E-state index in [9.17, 15) is 0 Å². The first-order valence-corrected chi connectivity index (χ1v) is 7.35. The molecule has 0 aliphatic carbocycles. The Morgan fingerprint density at radius 3 is 1.90 bits per heavy atom. The van der Waals surface area contributed by atoms with Crippen molar-refractivity contribution in [2.24, 2.45) is 0 Å². The Hall–Kier alpha value is -1.78. The average molecular weight is 285 g/mol. The van der Waals surface area contributed by atoms with Crippen LogP contribution in [0, 0.1) is 13.8 Å². The minimum atomic E-state index is 0.207. The fourth-order valence-corrected chi connectivity index (χ4v) is 2.30. The molecule has 0 saturated carbocycles. The van der Waals surface area contributed by atoms with Crippen LogP contribution in [0.2, 0.25) is 0 Å². The lowest BCUT2D eigenvalue weighted by Gasteiger charge is -2.22. The van der Waals surface area contributed by atoms with Crippen molar-refractivity contribution in [2.45, 2.75) is 33.4 Å². The molecule has 0 bridgehead atoms. The van der Waals surface area contributed by atoms with E-state index in [0.29, 0.717) is 0 Å². The van der Waals surface area contributed by atoms with E-state index in [-0.39, 0.29) is 6.61 Å². The maximum absolute atomic E-state index is 9.10. The molecule has 2 heterocycles. The molecule has 1 N–H and O–H groups in total. The van der Waals surface area contributed by atoms with Gasteiger partial charge in [-0.25, -0.2) is 0 Å². The second-order valence-corrected chi connectivity index (χ2v) is 5.32. The first-order valence-electron chi connectivity index (χ1n) is 7.35. The van der Waals surface area contributed by atoms with Crippen molar-refractivity contribution in [3.05, 3.63) is 59.2 Å². The van der Waals surface area contributed by atoms with Crippen LogP contribution in [-0.4, -0.2) is 33.1 Å². The summed E-state index contributed by atoms with van der Waals surface area (Å²) in [7, 11) is 0. The van der Waals surface area contributed by atoms with Crippen LogP contribution < -0.4 is 0 Å². The van der Waals surface area contributed by atoms with Crippen LogP contribution in [0.4, 0.5) is 0 Å². The number of aliphatic hydroxyl groups is 1.